The van der Waals surface area contributed by atoms with Crippen LogP contribution in [0.3, 0.4) is 0 Å². The summed E-state index contributed by atoms with van der Waals surface area (Å²) in [5, 5.41) is 9.07. The Morgan fingerprint density at radius 2 is 2.26 bits per heavy atom. The Morgan fingerprint density at radius 3 is 3.05 bits per heavy atom. The predicted molar refractivity (Wildman–Crippen MR) is 68.1 cm³/mol. The molecule has 5 nitrogen and oxygen atoms in total. The molecule has 0 saturated carbocycles. The summed E-state index contributed by atoms with van der Waals surface area (Å²) in [6.07, 6.45) is 3.67. The van der Waals surface area contributed by atoms with E-state index in [2.05, 4.69) is 16.0 Å². The molecule has 100 valence electrons. The van der Waals surface area contributed by atoms with Crippen LogP contribution in [0.1, 0.15) is 24.1 Å². The van der Waals surface area contributed by atoms with Crippen LogP contribution in [-0.2, 0) is 16.0 Å². The molecule has 0 aliphatic carbocycles. The number of aromatic nitrogens is 1. The first-order valence-electron chi connectivity index (χ1n) is 6.66. The topological polar surface area (TPSA) is 58.4 Å². The highest BCUT2D eigenvalue weighted by Gasteiger charge is 2.40. The lowest BCUT2D eigenvalue weighted by Crippen LogP contribution is -2.48. The fourth-order valence-electron chi connectivity index (χ4n) is 2.85. The molecule has 0 amide bonds. The maximum Gasteiger partial charge on any atom is 0.181 e. The van der Waals surface area contributed by atoms with Gasteiger partial charge >= 0.3 is 0 Å². The maximum atomic E-state index is 9.07. The second-order valence-electron chi connectivity index (χ2n) is 5.04. The van der Waals surface area contributed by atoms with Crippen LogP contribution in [0.15, 0.2) is 18.3 Å². The number of pyridine rings is 1. The summed E-state index contributed by atoms with van der Waals surface area (Å²) < 4.78 is 11.5. The molecular weight excluding hydrogens is 242 g/mol. The van der Waals surface area contributed by atoms with Crippen molar-refractivity contribution >= 4 is 0 Å². The molecule has 3 rings (SSSR count). The predicted octanol–water partition coefficient (Wildman–Crippen LogP) is 1.29. The van der Waals surface area contributed by atoms with Gasteiger partial charge in [-0.05, 0) is 19.0 Å². The van der Waals surface area contributed by atoms with E-state index in [0.29, 0.717) is 18.9 Å². The lowest BCUT2D eigenvalue weighted by molar-refractivity contribution is -0.190. The molecule has 0 aromatic carbocycles. The first-order chi connectivity index (χ1) is 9.31. The van der Waals surface area contributed by atoms with Crippen molar-refractivity contribution in [2.75, 3.05) is 26.3 Å². The van der Waals surface area contributed by atoms with Crippen molar-refractivity contribution in [1.82, 2.24) is 9.88 Å². The highest BCUT2D eigenvalue weighted by Crippen LogP contribution is 2.30. The third-order valence-electron chi connectivity index (χ3n) is 3.70. The van der Waals surface area contributed by atoms with Crippen LogP contribution in [-0.4, -0.2) is 42.0 Å². The quantitative estimate of drug-likeness (QED) is 0.801. The van der Waals surface area contributed by atoms with E-state index >= 15 is 0 Å². The number of nitriles is 1. The van der Waals surface area contributed by atoms with Gasteiger partial charge in [-0.3, -0.25) is 4.90 Å². The average molecular weight is 259 g/mol. The molecule has 0 atom stereocenters. The molecule has 0 radical (unpaired) electrons. The molecule has 5 heteroatoms. The van der Waals surface area contributed by atoms with Gasteiger partial charge in [0.2, 0.25) is 0 Å². The van der Waals surface area contributed by atoms with Crippen molar-refractivity contribution < 1.29 is 9.47 Å². The standard InChI is InChI=1S/C14H17N3O2/c15-9-13-12(3-1-5-16-13)10-17-6-2-4-14(11-17)18-7-8-19-14/h1,3,5H,2,4,6-8,10-11H2. The average Bonchev–Trinajstić information content (AvgIpc) is 2.87. The van der Waals surface area contributed by atoms with Crippen molar-refractivity contribution in [3.63, 3.8) is 0 Å². The molecule has 19 heavy (non-hydrogen) atoms. The summed E-state index contributed by atoms with van der Waals surface area (Å²) in [4.78, 5) is 6.39. The molecule has 0 unspecified atom stereocenters. The van der Waals surface area contributed by atoms with E-state index in [1.807, 2.05) is 12.1 Å². The van der Waals surface area contributed by atoms with E-state index in [9.17, 15) is 0 Å². The van der Waals surface area contributed by atoms with Crippen LogP contribution in [0.2, 0.25) is 0 Å². The lowest BCUT2D eigenvalue weighted by Gasteiger charge is -2.38. The Morgan fingerprint density at radius 1 is 1.42 bits per heavy atom. The van der Waals surface area contributed by atoms with Gasteiger partial charge in [0, 0.05) is 24.7 Å². The monoisotopic (exact) mass is 259 g/mol. The van der Waals surface area contributed by atoms with Crippen molar-refractivity contribution in [2.45, 2.75) is 25.2 Å². The molecule has 2 fully saturated rings. The maximum absolute atomic E-state index is 9.07. The Labute approximate surface area is 112 Å². The van der Waals surface area contributed by atoms with Gasteiger partial charge in [0.15, 0.2) is 5.79 Å². The van der Waals surface area contributed by atoms with Gasteiger partial charge in [0.05, 0.1) is 19.8 Å². The molecular formula is C14H17N3O2. The Bertz CT molecular complexity index is 492. The van der Waals surface area contributed by atoms with E-state index in [4.69, 9.17) is 14.7 Å². The first kappa shape index (κ1) is 12.5. The zero-order valence-corrected chi connectivity index (χ0v) is 10.8. The molecule has 0 bridgehead atoms. The SMILES string of the molecule is N#Cc1ncccc1CN1CCCC2(C1)OCCO2. The van der Waals surface area contributed by atoms with Crippen molar-refractivity contribution in [2.24, 2.45) is 0 Å². The number of nitrogens with zero attached hydrogens (tertiary/aromatic N) is 3. The molecule has 2 aliphatic rings. The Hall–Kier alpha value is -1.48. The molecule has 0 N–H and O–H groups in total. The van der Waals surface area contributed by atoms with E-state index in [1.165, 1.54) is 0 Å². The number of hydrogen-bond acceptors (Lipinski definition) is 5. The fourth-order valence-corrected chi connectivity index (χ4v) is 2.85. The van der Waals surface area contributed by atoms with Crippen molar-refractivity contribution in [3.8, 4) is 6.07 Å². The van der Waals surface area contributed by atoms with Gasteiger partial charge in [-0.15, -0.1) is 0 Å². The Balaban J connectivity index is 1.71. The van der Waals surface area contributed by atoms with Gasteiger partial charge < -0.3 is 9.47 Å². The van der Waals surface area contributed by atoms with Crippen molar-refractivity contribution in [3.05, 3.63) is 29.6 Å². The second kappa shape index (κ2) is 5.25. The molecule has 3 heterocycles. The van der Waals surface area contributed by atoms with Crippen LogP contribution in [0.25, 0.3) is 0 Å². The van der Waals surface area contributed by atoms with Gasteiger partial charge in [-0.25, -0.2) is 4.98 Å². The normalized spacial score (nSPS) is 22.5. The summed E-state index contributed by atoms with van der Waals surface area (Å²) >= 11 is 0. The van der Waals surface area contributed by atoms with Crippen molar-refractivity contribution in [1.29, 1.82) is 5.26 Å². The van der Waals surface area contributed by atoms with Gasteiger partial charge in [-0.2, -0.15) is 5.26 Å². The van der Waals surface area contributed by atoms with Crippen LogP contribution < -0.4 is 0 Å². The number of ether oxygens (including phenoxy) is 2. The highest BCUT2D eigenvalue weighted by atomic mass is 16.7. The van der Waals surface area contributed by atoms with E-state index in [0.717, 1.165) is 38.0 Å². The summed E-state index contributed by atoms with van der Waals surface area (Å²) in [5.74, 6) is -0.409. The van der Waals surface area contributed by atoms with Gasteiger partial charge in [-0.1, -0.05) is 6.07 Å². The van der Waals surface area contributed by atoms with E-state index < -0.39 is 5.79 Å². The number of piperidine rings is 1. The molecule has 1 aromatic rings. The third kappa shape index (κ3) is 2.61. The smallest absolute Gasteiger partial charge is 0.181 e. The van der Waals surface area contributed by atoms with Crippen LogP contribution in [0.4, 0.5) is 0 Å². The number of hydrogen-bond donors (Lipinski definition) is 0. The summed E-state index contributed by atoms with van der Waals surface area (Å²) in [7, 11) is 0. The lowest BCUT2D eigenvalue weighted by atomic mass is 10.0. The number of rotatable bonds is 2. The molecule has 2 aliphatic heterocycles. The molecule has 1 spiro atoms. The van der Waals surface area contributed by atoms with E-state index in [-0.39, 0.29) is 0 Å². The molecule has 1 aromatic heterocycles. The second-order valence-corrected chi connectivity index (χ2v) is 5.04. The summed E-state index contributed by atoms with van der Waals surface area (Å²) in [6, 6.07) is 5.98. The molecule has 2 saturated heterocycles. The van der Waals surface area contributed by atoms with Gasteiger partial charge in [0.25, 0.3) is 0 Å². The summed E-state index contributed by atoms with van der Waals surface area (Å²) in [5.41, 5.74) is 1.48. The minimum Gasteiger partial charge on any atom is -0.346 e. The van der Waals surface area contributed by atoms with Crippen LogP contribution in [0, 0.1) is 11.3 Å². The van der Waals surface area contributed by atoms with Gasteiger partial charge in [0.1, 0.15) is 11.8 Å². The largest absolute Gasteiger partial charge is 0.346 e. The van der Waals surface area contributed by atoms with Crippen LogP contribution in [0.5, 0.6) is 0 Å². The van der Waals surface area contributed by atoms with Crippen LogP contribution >= 0.6 is 0 Å². The zero-order valence-electron chi connectivity index (χ0n) is 10.8. The Kier molecular flexibility index (Phi) is 3.47. The first-order valence-corrected chi connectivity index (χ1v) is 6.66. The number of likely N-dealkylation sites (tertiary alicyclic amines) is 1. The van der Waals surface area contributed by atoms with E-state index in [1.54, 1.807) is 6.20 Å². The minimum atomic E-state index is -0.409. The highest BCUT2D eigenvalue weighted by molar-refractivity contribution is 5.30. The summed E-state index contributed by atoms with van der Waals surface area (Å²) in [6.45, 7) is 3.88. The minimum absolute atomic E-state index is 0.409. The zero-order chi connectivity index (χ0) is 13.1. The third-order valence-corrected chi connectivity index (χ3v) is 3.70. The fraction of sp³-hybridized carbons (Fsp3) is 0.571.